The Morgan fingerprint density at radius 2 is 1.02 bits per heavy atom. The van der Waals surface area contributed by atoms with E-state index in [0.717, 1.165) is 64.2 Å². The van der Waals surface area contributed by atoms with Crippen molar-refractivity contribution in [3.8, 4) is 0 Å². The van der Waals surface area contributed by atoms with E-state index in [1.807, 2.05) is 27.2 Å². The number of carbonyl (C=O) groups excluding carboxylic acids is 1. The lowest BCUT2D eigenvalue weighted by Gasteiger charge is -2.25. The molecular weight excluding hydrogens is 768 g/mol. The molecule has 0 aliphatic rings. The minimum atomic E-state index is -4.35. The molecule has 0 heterocycles. The normalized spacial score (nSPS) is 14.8. The Labute approximate surface area is 370 Å². The van der Waals surface area contributed by atoms with E-state index in [9.17, 15) is 19.4 Å². The highest BCUT2D eigenvalue weighted by atomic mass is 31.2. The fourth-order valence-electron chi connectivity index (χ4n) is 6.58. The summed E-state index contributed by atoms with van der Waals surface area (Å²) in [5, 5.41) is 13.8. The van der Waals surface area contributed by atoms with Gasteiger partial charge in [0.25, 0.3) is 0 Å². The highest BCUT2D eigenvalue weighted by Gasteiger charge is 2.27. The summed E-state index contributed by atoms with van der Waals surface area (Å²) in [6, 6.07) is -0.868. The van der Waals surface area contributed by atoms with Gasteiger partial charge in [-0.1, -0.05) is 189 Å². The Morgan fingerprint density at radius 1 is 0.583 bits per heavy atom. The predicted octanol–water partition coefficient (Wildman–Crippen LogP) is 14.0. The Hall–Kier alpha value is -2.06. The molecule has 0 aromatic carbocycles. The molecular formula is C51H94N2O6P+. The molecule has 0 rings (SSSR count). The van der Waals surface area contributed by atoms with Crippen LogP contribution in [0.1, 0.15) is 194 Å². The van der Waals surface area contributed by atoms with Crippen molar-refractivity contribution in [2.24, 2.45) is 0 Å². The minimum Gasteiger partial charge on any atom is -0.387 e. The van der Waals surface area contributed by atoms with Crippen molar-refractivity contribution in [3.63, 3.8) is 0 Å². The van der Waals surface area contributed by atoms with Gasteiger partial charge in [0.15, 0.2) is 0 Å². The van der Waals surface area contributed by atoms with Gasteiger partial charge in [-0.25, -0.2) is 4.57 Å². The van der Waals surface area contributed by atoms with E-state index in [2.05, 4.69) is 79.9 Å². The van der Waals surface area contributed by atoms with Gasteiger partial charge in [-0.05, 0) is 70.6 Å². The van der Waals surface area contributed by atoms with Gasteiger partial charge < -0.3 is 19.8 Å². The number of carbonyl (C=O) groups is 1. The van der Waals surface area contributed by atoms with E-state index >= 15 is 0 Å². The number of aliphatic hydroxyl groups excluding tert-OH is 1. The first kappa shape index (κ1) is 57.9. The standard InChI is InChI=1S/C51H93N2O6P/c1-6-8-10-12-14-16-18-20-22-23-24-25-26-27-28-29-31-33-35-37-39-41-43-45-51(55)52-49(48-59-60(56,57)58-47-46-53(3,4)5)50(54)44-42-40-38-36-34-32-30-21-19-17-15-13-11-9-7-2/h8,10,14,16,20,22,24-25,34,36,42,44,49-50,54H,6-7,9,11-13,15,17-19,21,23,26-33,35,37-41,43,45-48H2,1-5H3,(H-,52,55,56,57)/p+1/b10-8-,16-14-,22-20-,25-24-,36-34+,44-42+. The monoisotopic (exact) mass is 862 g/mol. The zero-order valence-corrected chi connectivity index (χ0v) is 40.3. The molecule has 348 valence electrons. The lowest BCUT2D eigenvalue weighted by Crippen LogP contribution is -2.45. The first-order valence-corrected chi connectivity index (χ1v) is 25.8. The van der Waals surface area contributed by atoms with Gasteiger partial charge in [0.05, 0.1) is 39.9 Å². The molecule has 0 bridgehead atoms. The van der Waals surface area contributed by atoms with Crippen LogP contribution >= 0.6 is 7.82 Å². The Bertz CT molecular complexity index is 1200. The second kappa shape index (κ2) is 42.3. The van der Waals surface area contributed by atoms with Gasteiger partial charge >= 0.3 is 7.82 Å². The third-order valence-corrected chi connectivity index (χ3v) is 11.4. The van der Waals surface area contributed by atoms with E-state index in [-0.39, 0.29) is 19.1 Å². The van der Waals surface area contributed by atoms with Crippen LogP contribution < -0.4 is 5.32 Å². The second-order valence-electron chi connectivity index (χ2n) is 17.4. The van der Waals surface area contributed by atoms with Crippen LogP contribution in [-0.2, 0) is 18.4 Å². The molecule has 0 aliphatic heterocycles. The largest absolute Gasteiger partial charge is 0.472 e. The van der Waals surface area contributed by atoms with Crippen LogP contribution in [0.4, 0.5) is 0 Å². The van der Waals surface area contributed by atoms with E-state index in [0.29, 0.717) is 17.4 Å². The molecule has 0 spiro atoms. The number of hydrogen-bond acceptors (Lipinski definition) is 5. The maximum atomic E-state index is 12.9. The summed E-state index contributed by atoms with van der Waals surface area (Å²) in [4.78, 5) is 23.2. The van der Waals surface area contributed by atoms with Gasteiger partial charge in [0.2, 0.25) is 5.91 Å². The Balaban J connectivity index is 4.36. The van der Waals surface area contributed by atoms with Gasteiger partial charge in [-0.2, -0.15) is 0 Å². The van der Waals surface area contributed by atoms with E-state index in [4.69, 9.17) is 9.05 Å². The number of aliphatic hydroxyl groups is 1. The summed E-state index contributed by atoms with van der Waals surface area (Å²) in [5.41, 5.74) is 0. The molecule has 0 aromatic rings. The number of nitrogens with one attached hydrogen (secondary N) is 1. The average Bonchev–Trinajstić information content (AvgIpc) is 3.20. The molecule has 3 atom stereocenters. The minimum absolute atomic E-state index is 0.0522. The SMILES string of the molecule is CC/C=C\C/C=C\C/C=C\C/C=C\CCCCCCCCCCCCC(=O)NC(COP(=O)(O)OCC[N+](C)(C)C)C(O)/C=C/CC/C=C/CCCCCCCCCCC. The summed E-state index contributed by atoms with van der Waals surface area (Å²) in [5.74, 6) is -0.195. The third-order valence-electron chi connectivity index (χ3n) is 10.4. The molecule has 9 heteroatoms. The van der Waals surface area contributed by atoms with Gasteiger partial charge in [0, 0.05) is 6.42 Å². The Morgan fingerprint density at radius 3 is 1.53 bits per heavy atom. The highest BCUT2D eigenvalue weighted by Crippen LogP contribution is 2.43. The van der Waals surface area contributed by atoms with Crippen LogP contribution in [0, 0.1) is 0 Å². The number of likely N-dealkylation sites (N-methyl/N-ethyl adjacent to an activating group) is 1. The number of quaternary nitrogens is 1. The predicted molar refractivity (Wildman–Crippen MR) is 258 cm³/mol. The molecule has 0 saturated heterocycles. The molecule has 0 saturated carbocycles. The van der Waals surface area contributed by atoms with Crippen molar-refractivity contribution in [2.75, 3.05) is 40.9 Å². The summed E-state index contributed by atoms with van der Waals surface area (Å²) in [6.07, 6.45) is 56.9. The van der Waals surface area contributed by atoms with Crippen LogP contribution in [0.15, 0.2) is 72.9 Å². The number of hydrogen-bond donors (Lipinski definition) is 3. The molecule has 3 N–H and O–H groups in total. The van der Waals surface area contributed by atoms with Crippen molar-refractivity contribution < 1.29 is 32.9 Å². The molecule has 60 heavy (non-hydrogen) atoms. The number of nitrogens with zero attached hydrogens (tertiary/aromatic N) is 1. The summed E-state index contributed by atoms with van der Waals surface area (Å²) in [7, 11) is 1.54. The van der Waals surface area contributed by atoms with Crippen molar-refractivity contribution in [2.45, 2.75) is 206 Å². The van der Waals surface area contributed by atoms with E-state index in [1.165, 1.54) is 109 Å². The number of amides is 1. The van der Waals surface area contributed by atoms with Crippen LogP contribution in [0.25, 0.3) is 0 Å². The molecule has 3 unspecified atom stereocenters. The zero-order valence-electron chi connectivity index (χ0n) is 39.4. The molecule has 0 aromatic heterocycles. The van der Waals surface area contributed by atoms with Crippen LogP contribution in [0.2, 0.25) is 0 Å². The van der Waals surface area contributed by atoms with Crippen molar-refractivity contribution >= 4 is 13.7 Å². The topological polar surface area (TPSA) is 105 Å². The maximum absolute atomic E-state index is 12.9. The molecule has 0 radical (unpaired) electrons. The lowest BCUT2D eigenvalue weighted by atomic mass is 10.0. The quantitative estimate of drug-likeness (QED) is 0.0244. The van der Waals surface area contributed by atoms with E-state index < -0.39 is 20.0 Å². The highest BCUT2D eigenvalue weighted by molar-refractivity contribution is 7.47. The zero-order chi connectivity index (χ0) is 44.3. The number of phosphoric acid groups is 1. The Kier molecular flexibility index (Phi) is 40.8. The summed E-state index contributed by atoms with van der Waals surface area (Å²) in [6.45, 7) is 4.66. The van der Waals surface area contributed by atoms with Gasteiger partial charge in [-0.15, -0.1) is 0 Å². The summed E-state index contributed by atoms with van der Waals surface area (Å²) >= 11 is 0. The van der Waals surface area contributed by atoms with Crippen LogP contribution in [-0.4, -0.2) is 73.4 Å². The van der Waals surface area contributed by atoms with E-state index in [1.54, 1.807) is 6.08 Å². The fourth-order valence-corrected chi connectivity index (χ4v) is 7.31. The second-order valence-corrected chi connectivity index (χ2v) is 18.9. The first-order chi connectivity index (χ1) is 29.0. The van der Waals surface area contributed by atoms with Gasteiger partial charge in [-0.3, -0.25) is 13.8 Å². The maximum Gasteiger partial charge on any atom is 0.472 e. The van der Waals surface area contributed by atoms with Crippen molar-refractivity contribution in [1.29, 1.82) is 0 Å². The lowest BCUT2D eigenvalue weighted by molar-refractivity contribution is -0.870. The number of allylic oxidation sites excluding steroid dienone is 11. The smallest absolute Gasteiger partial charge is 0.387 e. The molecule has 8 nitrogen and oxygen atoms in total. The van der Waals surface area contributed by atoms with Crippen LogP contribution in [0.3, 0.4) is 0 Å². The number of phosphoric ester groups is 1. The fraction of sp³-hybridized carbons (Fsp3) is 0.745. The number of rotatable bonds is 43. The molecule has 0 fully saturated rings. The first-order valence-electron chi connectivity index (χ1n) is 24.3. The molecule has 0 aliphatic carbocycles. The van der Waals surface area contributed by atoms with Crippen LogP contribution in [0.5, 0.6) is 0 Å². The van der Waals surface area contributed by atoms with Gasteiger partial charge in [0.1, 0.15) is 13.2 Å². The number of unbranched alkanes of at least 4 members (excludes halogenated alkanes) is 20. The summed E-state index contributed by atoms with van der Waals surface area (Å²) < 4.78 is 23.6. The van der Waals surface area contributed by atoms with Crippen molar-refractivity contribution in [1.82, 2.24) is 5.32 Å². The third kappa shape index (κ3) is 44.0. The average molecular weight is 862 g/mol. The molecule has 1 amide bonds. The van der Waals surface area contributed by atoms with Crippen molar-refractivity contribution in [3.05, 3.63) is 72.9 Å².